The highest BCUT2D eigenvalue weighted by molar-refractivity contribution is 6.05. The van der Waals surface area contributed by atoms with E-state index >= 15 is 0 Å². The molecule has 0 N–H and O–H groups in total. The highest BCUT2D eigenvalue weighted by atomic mass is 16.5. The normalized spacial score (nSPS) is 12.0. The van der Waals surface area contributed by atoms with Gasteiger partial charge < -0.3 is 9.64 Å². The van der Waals surface area contributed by atoms with Crippen LogP contribution in [-0.2, 0) is 13.5 Å². The van der Waals surface area contributed by atoms with Gasteiger partial charge in [-0.1, -0.05) is 6.92 Å². The number of methoxy groups -OCH3 is 1. The summed E-state index contributed by atoms with van der Waals surface area (Å²) in [6.45, 7) is 9.16. The van der Waals surface area contributed by atoms with Gasteiger partial charge in [0.15, 0.2) is 0 Å². The first-order valence-electron chi connectivity index (χ1n) is 11.2. The molecule has 0 atom stereocenters. The molecule has 0 bridgehead atoms. The zero-order chi connectivity index (χ0) is 23.9. The third-order valence-corrected chi connectivity index (χ3v) is 6.32. The summed E-state index contributed by atoms with van der Waals surface area (Å²) in [7, 11) is 5.51. The summed E-state index contributed by atoms with van der Waals surface area (Å²) in [5.74, 6) is 0.756. The molecule has 0 saturated heterocycles. The number of fused-ring (bicyclic) bond motifs is 3. The number of aryl methyl sites for hydroxylation is 3. The largest absolute Gasteiger partial charge is 0.496 e. The Morgan fingerprint density at radius 1 is 1.21 bits per heavy atom. The van der Waals surface area contributed by atoms with Crippen molar-refractivity contribution in [3.8, 4) is 11.4 Å². The quantitative estimate of drug-likeness (QED) is 0.438. The number of aromatic nitrogens is 4. The van der Waals surface area contributed by atoms with E-state index in [0.29, 0.717) is 0 Å². The maximum atomic E-state index is 13.5. The van der Waals surface area contributed by atoms with Gasteiger partial charge in [-0.15, -0.1) is 0 Å². The van der Waals surface area contributed by atoms with E-state index in [1.54, 1.807) is 24.9 Å². The Balaban J connectivity index is 2.16. The molecule has 33 heavy (non-hydrogen) atoms. The van der Waals surface area contributed by atoms with Crippen molar-refractivity contribution in [1.29, 1.82) is 0 Å². The smallest absolute Gasteiger partial charge is 0.333 e. The fourth-order valence-corrected chi connectivity index (χ4v) is 4.39. The summed E-state index contributed by atoms with van der Waals surface area (Å²) in [6.07, 6.45) is 8.31. The van der Waals surface area contributed by atoms with Crippen LogP contribution in [-0.4, -0.2) is 44.7 Å². The molecule has 3 aromatic heterocycles. The van der Waals surface area contributed by atoms with Crippen molar-refractivity contribution in [2.75, 3.05) is 20.7 Å². The summed E-state index contributed by atoms with van der Waals surface area (Å²) in [5.41, 5.74) is 7.26. The molecule has 0 saturated carbocycles. The second-order valence-electron chi connectivity index (χ2n) is 8.44. The van der Waals surface area contributed by atoms with E-state index in [0.717, 1.165) is 68.6 Å². The molecule has 0 aliphatic heterocycles. The van der Waals surface area contributed by atoms with Crippen LogP contribution in [0.25, 0.3) is 33.2 Å². The van der Waals surface area contributed by atoms with Gasteiger partial charge in [-0.3, -0.25) is 19.1 Å². The molecule has 7 heteroatoms. The lowest BCUT2D eigenvalue weighted by Gasteiger charge is -2.16. The van der Waals surface area contributed by atoms with E-state index in [1.807, 2.05) is 37.0 Å². The molecule has 0 spiro atoms. The summed E-state index contributed by atoms with van der Waals surface area (Å²) in [5, 5.41) is 0.908. The third-order valence-electron chi connectivity index (χ3n) is 6.32. The van der Waals surface area contributed by atoms with Gasteiger partial charge >= 0.3 is 5.69 Å². The van der Waals surface area contributed by atoms with Crippen LogP contribution >= 0.6 is 0 Å². The number of allylic oxidation sites excluding steroid dienone is 1. The van der Waals surface area contributed by atoms with Crippen molar-refractivity contribution in [3.05, 3.63) is 64.1 Å². The van der Waals surface area contributed by atoms with E-state index in [1.165, 1.54) is 0 Å². The van der Waals surface area contributed by atoms with E-state index in [-0.39, 0.29) is 5.69 Å². The first-order valence-corrected chi connectivity index (χ1v) is 11.2. The van der Waals surface area contributed by atoms with Crippen molar-refractivity contribution in [2.45, 2.75) is 34.1 Å². The number of benzene rings is 1. The molecule has 172 valence electrons. The Labute approximate surface area is 193 Å². The predicted octanol–water partition coefficient (Wildman–Crippen LogP) is 4.46. The predicted molar refractivity (Wildman–Crippen MR) is 134 cm³/mol. The maximum Gasteiger partial charge on any atom is 0.333 e. The van der Waals surface area contributed by atoms with Gasteiger partial charge in [0.25, 0.3) is 0 Å². The average molecular weight is 446 g/mol. The zero-order valence-electron chi connectivity index (χ0n) is 20.4. The standard InChI is InChI=1S/C26H31N5O2/c1-8-18-13-27-12-16(3)24(18)31-25-20-10-19(17(4)15-29(5)9-2)23(33-7)11-21(20)28-14-22(25)30(6)26(31)32/h10-15H,8-9H2,1-7H3/b17-15+. The van der Waals surface area contributed by atoms with Crippen LogP contribution in [0.4, 0.5) is 0 Å². The Kier molecular flexibility index (Phi) is 5.97. The van der Waals surface area contributed by atoms with Gasteiger partial charge in [0.05, 0.1) is 35.5 Å². The molecule has 4 rings (SSSR count). The van der Waals surface area contributed by atoms with Crippen LogP contribution in [0.15, 0.2) is 41.7 Å². The topological polar surface area (TPSA) is 65.2 Å². The van der Waals surface area contributed by atoms with E-state index in [4.69, 9.17) is 4.74 Å². The van der Waals surface area contributed by atoms with Crippen LogP contribution in [0.2, 0.25) is 0 Å². The molecule has 0 aliphatic carbocycles. The van der Waals surface area contributed by atoms with E-state index in [9.17, 15) is 4.79 Å². The molecule has 4 aromatic rings. The summed E-state index contributed by atoms with van der Waals surface area (Å²) >= 11 is 0. The SMILES string of the molecule is CCc1cncc(C)c1-n1c(=O)n(C)c2cnc3cc(OC)c(/C(C)=C/N(C)CC)cc3c21. The van der Waals surface area contributed by atoms with E-state index in [2.05, 4.69) is 47.9 Å². The number of rotatable bonds is 6. The average Bonchev–Trinajstić information content (AvgIpc) is 3.07. The Morgan fingerprint density at radius 3 is 2.64 bits per heavy atom. The fraction of sp³-hybridized carbons (Fsp3) is 0.346. The van der Waals surface area contributed by atoms with Gasteiger partial charge in [0.2, 0.25) is 0 Å². The lowest BCUT2D eigenvalue weighted by atomic mass is 10.0. The minimum atomic E-state index is -0.0985. The molecule has 0 aliphatic rings. The van der Waals surface area contributed by atoms with Crippen LogP contribution in [0.3, 0.4) is 0 Å². The van der Waals surface area contributed by atoms with Gasteiger partial charge in [-0.25, -0.2) is 4.79 Å². The van der Waals surface area contributed by atoms with E-state index < -0.39 is 0 Å². The van der Waals surface area contributed by atoms with Crippen molar-refractivity contribution in [3.63, 3.8) is 0 Å². The second kappa shape index (κ2) is 8.73. The highest BCUT2D eigenvalue weighted by Crippen LogP contribution is 2.35. The Morgan fingerprint density at radius 2 is 1.97 bits per heavy atom. The minimum absolute atomic E-state index is 0.0985. The summed E-state index contributed by atoms with van der Waals surface area (Å²) in [6, 6.07) is 4.05. The molecule has 0 unspecified atom stereocenters. The second-order valence-corrected chi connectivity index (χ2v) is 8.44. The number of pyridine rings is 2. The lowest BCUT2D eigenvalue weighted by molar-refractivity contribution is 0.413. The van der Waals surface area contributed by atoms with Crippen LogP contribution < -0.4 is 10.4 Å². The molecule has 0 amide bonds. The summed E-state index contributed by atoms with van der Waals surface area (Å²) < 4.78 is 9.21. The Bertz CT molecular complexity index is 1450. The van der Waals surface area contributed by atoms with Crippen molar-refractivity contribution < 1.29 is 4.74 Å². The molecule has 1 aromatic carbocycles. The zero-order valence-corrected chi connectivity index (χ0v) is 20.4. The molecule has 0 fully saturated rings. The first-order chi connectivity index (χ1) is 15.8. The van der Waals surface area contributed by atoms with Gasteiger partial charge in [-0.05, 0) is 50.0 Å². The molecule has 0 radical (unpaired) electrons. The molecule has 7 nitrogen and oxygen atoms in total. The molecule has 3 heterocycles. The monoisotopic (exact) mass is 445 g/mol. The van der Waals surface area contributed by atoms with Gasteiger partial charge in [0, 0.05) is 56.2 Å². The number of hydrogen-bond donors (Lipinski definition) is 0. The number of imidazole rings is 1. The minimum Gasteiger partial charge on any atom is -0.496 e. The number of ether oxygens (including phenoxy) is 1. The third kappa shape index (κ3) is 3.67. The van der Waals surface area contributed by atoms with Crippen molar-refractivity contribution >= 4 is 27.5 Å². The Hall–Kier alpha value is -3.61. The van der Waals surface area contributed by atoms with Gasteiger partial charge in [0.1, 0.15) is 5.75 Å². The van der Waals surface area contributed by atoms with Crippen LogP contribution in [0.1, 0.15) is 37.5 Å². The summed E-state index contributed by atoms with van der Waals surface area (Å²) in [4.78, 5) is 24.7. The molecular formula is C26H31N5O2. The first kappa shape index (κ1) is 22.6. The maximum absolute atomic E-state index is 13.5. The highest BCUT2D eigenvalue weighted by Gasteiger charge is 2.21. The van der Waals surface area contributed by atoms with Gasteiger partial charge in [-0.2, -0.15) is 0 Å². The number of nitrogens with zero attached hydrogens (tertiary/aromatic N) is 5. The van der Waals surface area contributed by atoms with Crippen LogP contribution in [0.5, 0.6) is 5.75 Å². The fourth-order valence-electron chi connectivity index (χ4n) is 4.39. The van der Waals surface area contributed by atoms with Crippen molar-refractivity contribution in [1.82, 2.24) is 24.0 Å². The molecular weight excluding hydrogens is 414 g/mol. The lowest BCUT2D eigenvalue weighted by Crippen LogP contribution is -2.22. The van der Waals surface area contributed by atoms with Crippen molar-refractivity contribution in [2.24, 2.45) is 7.05 Å². The van der Waals surface area contributed by atoms with Crippen LogP contribution in [0, 0.1) is 6.92 Å². The number of hydrogen-bond acceptors (Lipinski definition) is 5.